The number of anilines is 1. The molecule has 0 aromatic heterocycles. The average Bonchev–Trinajstić information content (AvgIpc) is 2.42. The van der Waals surface area contributed by atoms with Crippen LogP contribution in [0.3, 0.4) is 0 Å². The lowest BCUT2D eigenvalue weighted by molar-refractivity contribution is -0.142. The van der Waals surface area contributed by atoms with Gasteiger partial charge in [0.05, 0.1) is 0 Å². The van der Waals surface area contributed by atoms with Crippen LogP contribution in [0.1, 0.15) is 18.4 Å². The zero-order valence-corrected chi connectivity index (χ0v) is 11.5. The van der Waals surface area contributed by atoms with Gasteiger partial charge in [-0.15, -0.1) is 0 Å². The molecule has 4 N–H and O–H groups in total. The van der Waals surface area contributed by atoms with Gasteiger partial charge in [0.1, 0.15) is 6.04 Å². The van der Waals surface area contributed by atoms with Crippen molar-refractivity contribution < 1.29 is 19.4 Å². The first kappa shape index (κ1) is 16.0. The minimum Gasteiger partial charge on any atom is -0.480 e. The third-order valence-corrected chi connectivity index (χ3v) is 2.86. The highest BCUT2D eigenvalue weighted by Crippen LogP contribution is 2.07. The van der Waals surface area contributed by atoms with E-state index >= 15 is 0 Å². The number of hydrogen-bond donors (Lipinski definition) is 3. The Labute approximate surface area is 117 Å². The lowest BCUT2D eigenvalue weighted by atomic mass is 10.1. The van der Waals surface area contributed by atoms with Crippen LogP contribution in [0.4, 0.5) is 5.69 Å². The van der Waals surface area contributed by atoms with Crippen LogP contribution in [0.5, 0.6) is 0 Å². The normalized spacial score (nSPS) is 11.8. The maximum absolute atomic E-state index is 11.7. The second-order valence-corrected chi connectivity index (χ2v) is 4.48. The summed E-state index contributed by atoms with van der Waals surface area (Å²) in [4.78, 5) is 22.7. The molecule has 0 fully saturated rings. The standard InChI is InChI=1S/C14H20N2O4/c1-20-9-8-12(14(18)19)16-13(17)7-4-10-2-5-11(15)6-3-10/h2-3,5-6,12H,4,7-9,15H2,1H3,(H,16,17)(H,18,19). The van der Waals surface area contributed by atoms with E-state index in [9.17, 15) is 9.59 Å². The minimum absolute atomic E-state index is 0.237. The predicted molar refractivity (Wildman–Crippen MR) is 75.2 cm³/mol. The predicted octanol–water partition coefficient (Wildman–Crippen LogP) is 0.807. The summed E-state index contributed by atoms with van der Waals surface area (Å²) in [6, 6.07) is 6.33. The molecule has 0 saturated heterocycles. The number of carboxylic acid groups (broad SMARTS) is 1. The van der Waals surface area contributed by atoms with E-state index in [4.69, 9.17) is 15.6 Å². The van der Waals surface area contributed by atoms with Gasteiger partial charge in [0, 0.05) is 32.2 Å². The number of nitrogens with two attached hydrogens (primary N) is 1. The maximum Gasteiger partial charge on any atom is 0.326 e. The number of rotatable bonds is 8. The molecule has 110 valence electrons. The zero-order valence-electron chi connectivity index (χ0n) is 11.5. The van der Waals surface area contributed by atoms with Gasteiger partial charge in [-0.25, -0.2) is 4.79 Å². The molecule has 0 bridgehead atoms. The molecule has 1 unspecified atom stereocenters. The number of hydrogen-bond acceptors (Lipinski definition) is 4. The lowest BCUT2D eigenvalue weighted by Crippen LogP contribution is -2.41. The van der Waals surface area contributed by atoms with E-state index < -0.39 is 12.0 Å². The van der Waals surface area contributed by atoms with Crippen LogP contribution in [0.15, 0.2) is 24.3 Å². The van der Waals surface area contributed by atoms with E-state index in [0.29, 0.717) is 12.1 Å². The number of benzene rings is 1. The molecule has 6 heteroatoms. The molecule has 6 nitrogen and oxygen atoms in total. The van der Waals surface area contributed by atoms with Gasteiger partial charge in [0.25, 0.3) is 0 Å². The van der Waals surface area contributed by atoms with Crippen LogP contribution in [-0.4, -0.2) is 36.7 Å². The van der Waals surface area contributed by atoms with Crippen LogP contribution < -0.4 is 11.1 Å². The second-order valence-electron chi connectivity index (χ2n) is 4.48. The number of amides is 1. The Morgan fingerprint density at radius 3 is 2.55 bits per heavy atom. The number of aliphatic carboxylic acids is 1. The number of methoxy groups -OCH3 is 1. The highest BCUT2D eigenvalue weighted by Gasteiger charge is 2.19. The summed E-state index contributed by atoms with van der Waals surface area (Å²) < 4.78 is 4.82. The number of aryl methyl sites for hydroxylation is 1. The summed E-state index contributed by atoms with van der Waals surface area (Å²) in [5.41, 5.74) is 7.23. The van der Waals surface area contributed by atoms with Gasteiger partial charge in [-0.2, -0.15) is 0 Å². The minimum atomic E-state index is -1.05. The first-order chi connectivity index (χ1) is 9.52. The molecule has 0 spiro atoms. The number of carboxylic acids is 1. The van der Waals surface area contributed by atoms with Gasteiger partial charge in [-0.3, -0.25) is 4.79 Å². The molecular weight excluding hydrogens is 260 g/mol. The number of carbonyl (C=O) groups excluding carboxylic acids is 1. The van der Waals surface area contributed by atoms with Crippen molar-refractivity contribution >= 4 is 17.6 Å². The van der Waals surface area contributed by atoms with Gasteiger partial charge in [0.15, 0.2) is 0 Å². The Bertz CT molecular complexity index is 445. The van der Waals surface area contributed by atoms with Crippen molar-refractivity contribution in [2.45, 2.75) is 25.3 Å². The molecule has 0 aliphatic heterocycles. The zero-order chi connectivity index (χ0) is 15.0. The second kappa shape index (κ2) is 8.16. The Kier molecular flexibility index (Phi) is 6.52. The van der Waals surface area contributed by atoms with Crippen LogP contribution in [0.2, 0.25) is 0 Å². The van der Waals surface area contributed by atoms with E-state index in [2.05, 4.69) is 5.32 Å². The van der Waals surface area contributed by atoms with Crippen molar-refractivity contribution in [3.8, 4) is 0 Å². The number of carbonyl (C=O) groups is 2. The summed E-state index contributed by atoms with van der Waals surface area (Å²) in [5, 5.41) is 11.5. The van der Waals surface area contributed by atoms with E-state index in [1.165, 1.54) is 7.11 Å². The van der Waals surface area contributed by atoms with Crippen LogP contribution in [-0.2, 0) is 20.7 Å². The third kappa shape index (κ3) is 5.71. The Balaban J connectivity index is 2.41. The molecule has 0 aliphatic rings. The SMILES string of the molecule is COCCC(NC(=O)CCc1ccc(N)cc1)C(=O)O. The molecule has 1 aromatic carbocycles. The maximum atomic E-state index is 11.7. The molecule has 1 atom stereocenters. The van der Waals surface area contributed by atoms with Gasteiger partial charge in [-0.05, 0) is 24.1 Å². The smallest absolute Gasteiger partial charge is 0.326 e. The van der Waals surface area contributed by atoms with E-state index in [0.717, 1.165) is 5.56 Å². The van der Waals surface area contributed by atoms with Crippen LogP contribution in [0, 0.1) is 0 Å². The Morgan fingerprint density at radius 2 is 2.00 bits per heavy atom. The number of nitrogen functional groups attached to an aromatic ring is 1. The average molecular weight is 280 g/mol. The topological polar surface area (TPSA) is 102 Å². The fourth-order valence-corrected chi connectivity index (χ4v) is 1.70. The summed E-state index contributed by atoms with van der Waals surface area (Å²) in [6.45, 7) is 0.287. The van der Waals surface area contributed by atoms with Crippen LogP contribution in [0.25, 0.3) is 0 Å². The first-order valence-corrected chi connectivity index (χ1v) is 6.38. The Morgan fingerprint density at radius 1 is 1.35 bits per heavy atom. The molecular formula is C14H20N2O4. The van der Waals surface area contributed by atoms with Gasteiger partial charge in [-0.1, -0.05) is 12.1 Å². The molecule has 1 aromatic rings. The van der Waals surface area contributed by atoms with E-state index in [1.807, 2.05) is 12.1 Å². The monoisotopic (exact) mass is 280 g/mol. The molecule has 1 amide bonds. The van der Waals surface area contributed by atoms with Gasteiger partial charge < -0.3 is 20.9 Å². The summed E-state index contributed by atoms with van der Waals surface area (Å²) >= 11 is 0. The van der Waals surface area contributed by atoms with Crippen molar-refractivity contribution in [1.29, 1.82) is 0 Å². The molecule has 0 radical (unpaired) electrons. The first-order valence-electron chi connectivity index (χ1n) is 6.38. The van der Waals surface area contributed by atoms with E-state index in [-0.39, 0.29) is 25.4 Å². The Hall–Kier alpha value is -2.08. The molecule has 0 aliphatic carbocycles. The largest absolute Gasteiger partial charge is 0.480 e. The molecule has 0 saturated carbocycles. The molecule has 0 heterocycles. The molecule has 20 heavy (non-hydrogen) atoms. The number of ether oxygens (including phenoxy) is 1. The lowest BCUT2D eigenvalue weighted by Gasteiger charge is -2.14. The van der Waals surface area contributed by atoms with Crippen LogP contribution >= 0.6 is 0 Å². The van der Waals surface area contributed by atoms with Crippen molar-refractivity contribution in [2.75, 3.05) is 19.5 Å². The molecule has 1 rings (SSSR count). The fraction of sp³-hybridized carbons (Fsp3) is 0.429. The highest BCUT2D eigenvalue weighted by molar-refractivity contribution is 5.83. The fourth-order valence-electron chi connectivity index (χ4n) is 1.70. The van der Waals surface area contributed by atoms with Crippen molar-refractivity contribution in [1.82, 2.24) is 5.32 Å². The summed E-state index contributed by atoms with van der Waals surface area (Å²) in [6.07, 6.45) is 1.03. The highest BCUT2D eigenvalue weighted by atomic mass is 16.5. The van der Waals surface area contributed by atoms with Crippen molar-refractivity contribution in [3.63, 3.8) is 0 Å². The van der Waals surface area contributed by atoms with Gasteiger partial charge >= 0.3 is 5.97 Å². The summed E-state index contributed by atoms with van der Waals surface area (Å²) in [7, 11) is 1.49. The van der Waals surface area contributed by atoms with E-state index in [1.54, 1.807) is 12.1 Å². The van der Waals surface area contributed by atoms with Crippen molar-refractivity contribution in [2.24, 2.45) is 0 Å². The third-order valence-electron chi connectivity index (χ3n) is 2.86. The van der Waals surface area contributed by atoms with Crippen molar-refractivity contribution in [3.05, 3.63) is 29.8 Å². The number of nitrogens with one attached hydrogen (secondary N) is 1. The van der Waals surface area contributed by atoms with Gasteiger partial charge in [0.2, 0.25) is 5.91 Å². The summed E-state index contributed by atoms with van der Waals surface area (Å²) in [5.74, 6) is -1.34. The quantitative estimate of drug-likeness (QED) is 0.612.